The summed E-state index contributed by atoms with van der Waals surface area (Å²) in [6.45, 7) is 1.64. The Labute approximate surface area is 205 Å². The lowest BCUT2D eigenvalue weighted by atomic mass is 9.83. The van der Waals surface area contributed by atoms with Gasteiger partial charge >= 0.3 is 6.18 Å². The zero-order valence-electron chi connectivity index (χ0n) is 20.1. The Bertz CT molecular complexity index is 1200. The highest BCUT2D eigenvalue weighted by atomic mass is 19.4. The molecule has 0 spiro atoms. The van der Waals surface area contributed by atoms with E-state index in [1.54, 1.807) is 37.1 Å². The van der Waals surface area contributed by atoms with Crippen molar-refractivity contribution >= 4 is 11.4 Å². The van der Waals surface area contributed by atoms with Gasteiger partial charge < -0.3 is 30.0 Å². The van der Waals surface area contributed by atoms with Gasteiger partial charge in [0.25, 0.3) is 0 Å². The van der Waals surface area contributed by atoms with Gasteiger partial charge in [-0.3, -0.25) is 0 Å². The number of aliphatic hydroxyl groups excluding tert-OH is 1. The van der Waals surface area contributed by atoms with Crippen LogP contribution in [0, 0.1) is 0 Å². The van der Waals surface area contributed by atoms with E-state index in [0.29, 0.717) is 28.5 Å². The van der Waals surface area contributed by atoms with Crippen LogP contribution >= 0.6 is 0 Å². The van der Waals surface area contributed by atoms with E-state index in [9.17, 15) is 18.3 Å². The number of aromatic nitrogens is 4. The zero-order chi connectivity index (χ0) is 26.3. The number of halogens is 3. The summed E-state index contributed by atoms with van der Waals surface area (Å²) in [5.41, 5.74) is 5.17. The minimum atomic E-state index is -4.50. The molecule has 36 heavy (non-hydrogen) atoms. The number of alkyl halides is 3. The van der Waals surface area contributed by atoms with E-state index in [2.05, 4.69) is 15.4 Å². The second kappa shape index (κ2) is 9.56. The molecule has 0 amide bonds. The van der Waals surface area contributed by atoms with Crippen LogP contribution in [0.1, 0.15) is 29.9 Å². The number of benzene rings is 2. The topological polar surface area (TPSA) is 121 Å². The molecule has 0 fully saturated rings. The molecular formula is C23H27F3N6O4. The van der Waals surface area contributed by atoms with E-state index in [1.807, 2.05) is 0 Å². The highest BCUT2D eigenvalue weighted by molar-refractivity contribution is 5.57. The third-order valence-electron chi connectivity index (χ3n) is 6.19. The van der Waals surface area contributed by atoms with Crippen molar-refractivity contribution in [2.24, 2.45) is 7.05 Å². The van der Waals surface area contributed by atoms with Gasteiger partial charge in [-0.05, 0) is 54.6 Å². The number of aryl methyl sites for hydroxylation is 1. The Morgan fingerprint density at radius 3 is 2.42 bits per heavy atom. The van der Waals surface area contributed by atoms with Crippen LogP contribution < -0.4 is 15.4 Å². The van der Waals surface area contributed by atoms with Crippen LogP contribution in [-0.4, -0.2) is 57.5 Å². The maximum Gasteiger partial charge on any atom is 0.416 e. The number of nitrogen functional groups attached to an aromatic ring is 1. The first kappa shape index (κ1) is 25.7. The molecule has 1 aromatic heterocycles. The molecule has 1 unspecified atom stereocenters. The molecular weight excluding hydrogens is 481 g/mol. The molecule has 13 heteroatoms. The first-order chi connectivity index (χ1) is 17.0. The molecule has 4 rings (SSSR count). The minimum Gasteiger partial charge on any atom is -0.479 e. The summed E-state index contributed by atoms with van der Waals surface area (Å²) in [5, 5.41) is 23.8. The molecule has 0 bridgehead atoms. The van der Waals surface area contributed by atoms with E-state index in [-0.39, 0.29) is 6.54 Å². The molecule has 0 radical (unpaired) electrons. The molecule has 1 aliphatic rings. The average Bonchev–Trinajstić information content (AvgIpc) is 3.24. The molecule has 10 nitrogen and oxygen atoms in total. The van der Waals surface area contributed by atoms with Crippen molar-refractivity contribution in [2.75, 3.05) is 24.9 Å². The van der Waals surface area contributed by atoms with Crippen LogP contribution in [0.25, 0.3) is 0 Å². The van der Waals surface area contributed by atoms with Gasteiger partial charge in [0.2, 0.25) is 0 Å². The predicted molar refractivity (Wildman–Crippen MR) is 123 cm³/mol. The zero-order valence-corrected chi connectivity index (χ0v) is 20.1. The van der Waals surface area contributed by atoms with Gasteiger partial charge in [0.15, 0.2) is 17.7 Å². The molecule has 3 N–H and O–H groups in total. The lowest BCUT2D eigenvalue weighted by Gasteiger charge is -2.49. The highest BCUT2D eigenvalue weighted by Crippen LogP contribution is 2.47. The smallest absolute Gasteiger partial charge is 0.416 e. The second-order valence-corrected chi connectivity index (χ2v) is 8.64. The first-order valence-corrected chi connectivity index (χ1v) is 11.0. The fraction of sp³-hybridized carbons (Fsp3) is 0.435. The summed E-state index contributed by atoms with van der Waals surface area (Å²) in [4.78, 5) is 2.95. The standard InChI is InChI=1S/C23H27F3N6O4/c1-22(21(34-3)35-4)20(33)19(16-11-14(27)7-10-17(16)36-22)32(12-18-28-30-31(2)29-18)15-8-5-13(6-9-15)23(24,25)26/h5-11,19-21,33H,12,27H2,1-4H3/t19-,20+,22?/m1/s1. The fourth-order valence-corrected chi connectivity index (χ4v) is 4.49. The summed E-state index contributed by atoms with van der Waals surface area (Å²) in [6, 6.07) is 8.71. The average molecular weight is 509 g/mol. The molecule has 2 aromatic carbocycles. The van der Waals surface area contributed by atoms with Crippen LogP contribution in [-0.2, 0) is 29.2 Å². The van der Waals surface area contributed by atoms with E-state index >= 15 is 0 Å². The van der Waals surface area contributed by atoms with Crippen LogP contribution in [0.4, 0.5) is 24.5 Å². The third kappa shape index (κ3) is 4.68. The number of hydrogen-bond acceptors (Lipinski definition) is 9. The number of anilines is 2. The van der Waals surface area contributed by atoms with Crippen molar-refractivity contribution in [2.45, 2.75) is 43.7 Å². The summed E-state index contributed by atoms with van der Waals surface area (Å²) in [7, 11) is 4.43. The molecule has 3 atom stereocenters. The molecule has 0 aliphatic carbocycles. The SMILES string of the molecule is COC(OC)C1(C)Oc2ccc(N)cc2[C@@H](N(Cc2nnn(C)n2)c2ccc(C(F)(F)F)cc2)[C@@H]1O. The third-order valence-corrected chi connectivity index (χ3v) is 6.19. The molecule has 1 aliphatic heterocycles. The molecule has 3 aromatic rings. The Morgan fingerprint density at radius 2 is 1.86 bits per heavy atom. The van der Waals surface area contributed by atoms with Crippen LogP contribution in [0.15, 0.2) is 42.5 Å². The summed E-state index contributed by atoms with van der Waals surface area (Å²) >= 11 is 0. The van der Waals surface area contributed by atoms with Crippen LogP contribution in [0.3, 0.4) is 0 Å². The number of tetrazole rings is 1. The first-order valence-electron chi connectivity index (χ1n) is 11.0. The molecule has 0 saturated heterocycles. The van der Waals surface area contributed by atoms with Crippen molar-refractivity contribution in [1.29, 1.82) is 0 Å². The Hall–Kier alpha value is -3.42. The van der Waals surface area contributed by atoms with Gasteiger partial charge in [0.05, 0.1) is 25.2 Å². The largest absolute Gasteiger partial charge is 0.479 e. The lowest BCUT2D eigenvalue weighted by molar-refractivity contribution is -0.237. The van der Waals surface area contributed by atoms with Crippen molar-refractivity contribution in [1.82, 2.24) is 20.2 Å². The van der Waals surface area contributed by atoms with Gasteiger partial charge in [0, 0.05) is 31.2 Å². The number of nitrogens with zero attached hydrogens (tertiary/aromatic N) is 5. The molecule has 2 heterocycles. The highest BCUT2D eigenvalue weighted by Gasteiger charge is 2.54. The monoisotopic (exact) mass is 508 g/mol. The van der Waals surface area contributed by atoms with E-state index in [1.165, 1.54) is 31.1 Å². The van der Waals surface area contributed by atoms with Crippen LogP contribution in [0.2, 0.25) is 0 Å². The summed E-state index contributed by atoms with van der Waals surface area (Å²) < 4.78 is 56.8. The summed E-state index contributed by atoms with van der Waals surface area (Å²) in [5.74, 6) is 0.698. The van der Waals surface area contributed by atoms with Gasteiger partial charge in [-0.25, -0.2) is 0 Å². The van der Waals surface area contributed by atoms with E-state index < -0.39 is 35.8 Å². The molecule has 0 saturated carbocycles. The predicted octanol–water partition coefficient (Wildman–Crippen LogP) is 2.69. The van der Waals surface area contributed by atoms with Crippen molar-refractivity contribution in [3.8, 4) is 5.75 Å². The number of ether oxygens (including phenoxy) is 3. The number of methoxy groups -OCH3 is 2. The Balaban J connectivity index is 1.88. The number of nitrogens with two attached hydrogens (primary N) is 1. The lowest BCUT2D eigenvalue weighted by Crippen LogP contribution is -2.62. The van der Waals surface area contributed by atoms with E-state index in [4.69, 9.17) is 19.9 Å². The van der Waals surface area contributed by atoms with Crippen LogP contribution in [0.5, 0.6) is 5.75 Å². The quantitative estimate of drug-likeness (QED) is 0.367. The van der Waals surface area contributed by atoms with Crippen molar-refractivity contribution < 1.29 is 32.5 Å². The number of hydrogen-bond donors (Lipinski definition) is 2. The van der Waals surface area contributed by atoms with Gasteiger partial charge in [-0.15, -0.1) is 10.2 Å². The Kier molecular flexibility index (Phi) is 6.82. The summed E-state index contributed by atoms with van der Waals surface area (Å²) in [6.07, 6.45) is -6.78. The number of fused-ring (bicyclic) bond motifs is 1. The molecule has 194 valence electrons. The maximum atomic E-state index is 13.3. The van der Waals surface area contributed by atoms with Crippen molar-refractivity contribution in [3.63, 3.8) is 0 Å². The van der Waals surface area contributed by atoms with Gasteiger partial charge in [0.1, 0.15) is 11.9 Å². The van der Waals surface area contributed by atoms with Crippen molar-refractivity contribution in [3.05, 3.63) is 59.4 Å². The minimum absolute atomic E-state index is 0.00980. The number of aliphatic hydroxyl groups is 1. The second-order valence-electron chi connectivity index (χ2n) is 8.64. The number of rotatable bonds is 7. The maximum absolute atomic E-state index is 13.3. The Morgan fingerprint density at radius 1 is 1.19 bits per heavy atom. The van der Waals surface area contributed by atoms with Gasteiger partial charge in [-0.1, -0.05) is 0 Å². The normalized spacial score (nSPS) is 21.8. The fourth-order valence-electron chi connectivity index (χ4n) is 4.49. The van der Waals surface area contributed by atoms with E-state index in [0.717, 1.165) is 12.1 Å². The van der Waals surface area contributed by atoms with Gasteiger partial charge in [-0.2, -0.15) is 18.0 Å².